The van der Waals surface area contributed by atoms with Gasteiger partial charge in [0.25, 0.3) is 9.05 Å². The van der Waals surface area contributed by atoms with Crippen LogP contribution in [-0.2, 0) is 9.05 Å². The van der Waals surface area contributed by atoms with Gasteiger partial charge in [-0.3, -0.25) is 0 Å². The Morgan fingerprint density at radius 2 is 2.00 bits per heavy atom. The first-order valence-electron chi connectivity index (χ1n) is 3.06. The van der Waals surface area contributed by atoms with Crippen molar-refractivity contribution in [2.45, 2.75) is 6.92 Å². The van der Waals surface area contributed by atoms with Crippen molar-refractivity contribution in [2.24, 2.45) is 0 Å². The SMILES string of the molecule is C\C=C(/C=C\C=C\I)S(=O)(=O)Cl. The van der Waals surface area contributed by atoms with Gasteiger partial charge in [-0.1, -0.05) is 40.8 Å². The summed E-state index contributed by atoms with van der Waals surface area (Å²) in [6, 6.07) is 0. The summed E-state index contributed by atoms with van der Waals surface area (Å²) in [6.07, 6.45) is 6.21. The van der Waals surface area contributed by atoms with E-state index in [0.29, 0.717) is 0 Å². The molecule has 0 aromatic carbocycles. The van der Waals surface area contributed by atoms with E-state index in [1.54, 1.807) is 23.2 Å². The predicted octanol–water partition coefficient (Wildman–Crippen LogP) is 2.96. The molecule has 0 unspecified atom stereocenters. The highest BCUT2D eigenvalue weighted by Gasteiger charge is 2.07. The number of hydrogen-bond acceptors (Lipinski definition) is 2. The number of allylic oxidation sites excluding steroid dienone is 4. The summed E-state index contributed by atoms with van der Waals surface area (Å²) in [6.45, 7) is 1.62. The maximum Gasteiger partial charge on any atom is 0.260 e. The first kappa shape index (κ1) is 12.2. The molecule has 0 radical (unpaired) electrons. The number of halogens is 2. The molecule has 0 N–H and O–H groups in total. The molecule has 0 heterocycles. The van der Waals surface area contributed by atoms with Crippen LogP contribution >= 0.6 is 33.3 Å². The monoisotopic (exact) mass is 318 g/mol. The Morgan fingerprint density at radius 3 is 2.33 bits per heavy atom. The fraction of sp³-hybridized carbons (Fsp3) is 0.143. The van der Waals surface area contributed by atoms with Crippen LogP contribution < -0.4 is 0 Å². The first-order valence-corrected chi connectivity index (χ1v) is 6.62. The van der Waals surface area contributed by atoms with Crippen LogP contribution in [0.25, 0.3) is 0 Å². The summed E-state index contributed by atoms with van der Waals surface area (Å²) in [5.74, 6) is 0. The normalized spacial score (nSPS) is 14.8. The lowest BCUT2D eigenvalue weighted by Gasteiger charge is -1.92. The Kier molecular flexibility index (Phi) is 5.86. The predicted molar refractivity (Wildman–Crippen MR) is 60.8 cm³/mol. The molecule has 0 amide bonds. The molecule has 0 atom stereocenters. The maximum atomic E-state index is 10.8. The third kappa shape index (κ3) is 4.95. The molecular weight excluding hydrogens is 310 g/mol. The van der Waals surface area contributed by atoms with Gasteiger partial charge >= 0.3 is 0 Å². The van der Waals surface area contributed by atoms with Crippen molar-refractivity contribution in [1.82, 2.24) is 0 Å². The van der Waals surface area contributed by atoms with Gasteiger partial charge in [-0.05, 0) is 17.1 Å². The van der Waals surface area contributed by atoms with Crippen molar-refractivity contribution in [3.05, 3.63) is 33.3 Å². The standard InChI is InChI=1S/C7H8ClIO2S/c1-2-7(12(8,10)11)5-3-4-6-9/h2-6H,1H3/b5-3-,6-4+,7-2+. The van der Waals surface area contributed by atoms with Crippen LogP contribution in [0.5, 0.6) is 0 Å². The van der Waals surface area contributed by atoms with E-state index >= 15 is 0 Å². The Labute approximate surface area is 90.6 Å². The smallest absolute Gasteiger partial charge is 0.207 e. The molecule has 0 aromatic heterocycles. The van der Waals surface area contributed by atoms with Crippen LogP contribution in [0.3, 0.4) is 0 Å². The number of rotatable bonds is 3. The Hall–Kier alpha value is 0.190. The minimum absolute atomic E-state index is 0.110. The Bertz CT molecular complexity index is 314. The molecule has 0 saturated carbocycles. The van der Waals surface area contributed by atoms with Gasteiger partial charge in [-0.15, -0.1) is 0 Å². The lowest BCUT2D eigenvalue weighted by atomic mass is 10.4. The largest absolute Gasteiger partial charge is 0.260 e. The van der Waals surface area contributed by atoms with Gasteiger partial charge in [-0.25, -0.2) is 8.42 Å². The summed E-state index contributed by atoms with van der Waals surface area (Å²) in [5.41, 5.74) is 0. The van der Waals surface area contributed by atoms with E-state index in [2.05, 4.69) is 0 Å². The topological polar surface area (TPSA) is 34.1 Å². The van der Waals surface area contributed by atoms with Crippen molar-refractivity contribution in [3.63, 3.8) is 0 Å². The van der Waals surface area contributed by atoms with Crippen LogP contribution in [0.4, 0.5) is 0 Å². The molecule has 0 aliphatic heterocycles. The van der Waals surface area contributed by atoms with E-state index in [0.717, 1.165) is 0 Å². The molecular formula is C7H8ClIO2S. The van der Waals surface area contributed by atoms with Gasteiger partial charge < -0.3 is 0 Å². The van der Waals surface area contributed by atoms with E-state index in [4.69, 9.17) is 10.7 Å². The zero-order valence-electron chi connectivity index (χ0n) is 6.37. The zero-order valence-corrected chi connectivity index (χ0v) is 10.1. The summed E-state index contributed by atoms with van der Waals surface area (Å²) >= 11 is 2.03. The zero-order chi connectivity index (χ0) is 9.61. The van der Waals surface area contributed by atoms with Crippen molar-refractivity contribution in [1.29, 1.82) is 0 Å². The maximum absolute atomic E-state index is 10.8. The minimum Gasteiger partial charge on any atom is -0.207 e. The van der Waals surface area contributed by atoms with E-state index in [9.17, 15) is 8.42 Å². The lowest BCUT2D eigenvalue weighted by molar-refractivity contribution is 0.615. The van der Waals surface area contributed by atoms with Gasteiger partial charge in [0.15, 0.2) is 0 Å². The highest BCUT2D eigenvalue weighted by molar-refractivity contribution is 14.1. The Morgan fingerprint density at radius 1 is 1.42 bits per heavy atom. The van der Waals surface area contributed by atoms with Crippen molar-refractivity contribution < 1.29 is 8.42 Å². The van der Waals surface area contributed by atoms with E-state index in [1.165, 1.54) is 12.2 Å². The van der Waals surface area contributed by atoms with E-state index in [1.807, 2.05) is 22.6 Å². The molecule has 5 heteroatoms. The van der Waals surface area contributed by atoms with Gasteiger partial charge in [0, 0.05) is 10.7 Å². The minimum atomic E-state index is -3.59. The average Bonchev–Trinajstić information content (AvgIpc) is 1.95. The fourth-order valence-corrected chi connectivity index (χ4v) is 1.69. The molecule has 12 heavy (non-hydrogen) atoms. The molecule has 0 rings (SSSR count). The van der Waals surface area contributed by atoms with Gasteiger partial charge in [0.2, 0.25) is 0 Å². The third-order valence-corrected chi connectivity index (χ3v) is 2.89. The quantitative estimate of drug-likeness (QED) is 0.455. The molecule has 0 aromatic rings. The summed E-state index contributed by atoms with van der Waals surface area (Å²) in [4.78, 5) is 0.110. The van der Waals surface area contributed by atoms with Crippen LogP contribution in [-0.4, -0.2) is 8.42 Å². The second-order valence-corrected chi connectivity index (χ2v) is 5.09. The van der Waals surface area contributed by atoms with Gasteiger partial charge in [-0.2, -0.15) is 0 Å². The van der Waals surface area contributed by atoms with Crippen LogP contribution in [0.2, 0.25) is 0 Å². The van der Waals surface area contributed by atoms with Crippen molar-refractivity contribution in [3.8, 4) is 0 Å². The summed E-state index contributed by atoms with van der Waals surface area (Å²) in [5, 5.41) is 0. The second kappa shape index (κ2) is 5.77. The highest BCUT2D eigenvalue weighted by atomic mass is 127. The second-order valence-electron chi connectivity index (χ2n) is 1.81. The highest BCUT2D eigenvalue weighted by Crippen LogP contribution is 2.12. The van der Waals surface area contributed by atoms with E-state index < -0.39 is 9.05 Å². The van der Waals surface area contributed by atoms with Gasteiger partial charge in [0.05, 0.1) is 4.91 Å². The molecule has 2 nitrogen and oxygen atoms in total. The molecule has 0 saturated heterocycles. The van der Waals surface area contributed by atoms with Crippen molar-refractivity contribution in [2.75, 3.05) is 0 Å². The molecule has 0 fully saturated rings. The van der Waals surface area contributed by atoms with Crippen LogP contribution in [0, 0.1) is 0 Å². The molecule has 68 valence electrons. The third-order valence-electron chi connectivity index (χ3n) is 1.01. The molecule has 0 spiro atoms. The Balaban J connectivity index is 4.65. The molecule has 0 aliphatic carbocycles. The fourth-order valence-electron chi connectivity index (χ4n) is 0.511. The van der Waals surface area contributed by atoms with Crippen LogP contribution in [0.15, 0.2) is 33.3 Å². The number of hydrogen-bond donors (Lipinski definition) is 0. The summed E-state index contributed by atoms with van der Waals surface area (Å²) < 4.78 is 23.3. The summed E-state index contributed by atoms with van der Waals surface area (Å²) in [7, 11) is 1.52. The molecule has 0 aliphatic rings. The van der Waals surface area contributed by atoms with E-state index in [-0.39, 0.29) is 4.91 Å². The average molecular weight is 319 g/mol. The lowest BCUT2D eigenvalue weighted by Crippen LogP contribution is -1.90. The molecule has 0 bridgehead atoms. The van der Waals surface area contributed by atoms with Crippen LogP contribution in [0.1, 0.15) is 6.92 Å². The van der Waals surface area contributed by atoms with Crippen molar-refractivity contribution >= 4 is 42.3 Å². The first-order chi connectivity index (χ1) is 5.52. The van der Waals surface area contributed by atoms with Gasteiger partial charge in [0.1, 0.15) is 0 Å².